The second-order valence-electron chi connectivity index (χ2n) is 6.47. The van der Waals surface area contributed by atoms with Gasteiger partial charge < -0.3 is 19.1 Å². The number of hydrogen-bond acceptors (Lipinski definition) is 5. The van der Waals surface area contributed by atoms with Crippen LogP contribution in [0.4, 0.5) is 0 Å². The van der Waals surface area contributed by atoms with E-state index in [-0.39, 0.29) is 11.8 Å². The molecule has 1 fully saturated rings. The Morgan fingerprint density at radius 3 is 2.50 bits per heavy atom. The van der Waals surface area contributed by atoms with E-state index in [4.69, 9.17) is 4.74 Å². The first kappa shape index (κ1) is 16.7. The van der Waals surface area contributed by atoms with Gasteiger partial charge in [-0.3, -0.25) is 9.59 Å². The monoisotopic (exact) mass is 355 g/mol. The molecule has 0 N–H and O–H groups in total. The van der Waals surface area contributed by atoms with Gasteiger partial charge >= 0.3 is 0 Å². The van der Waals surface area contributed by atoms with Crippen LogP contribution in [0.2, 0.25) is 0 Å². The smallest absolute Gasteiger partial charge is 0.291 e. The van der Waals surface area contributed by atoms with E-state index in [0.29, 0.717) is 64.0 Å². The Morgan fingerprint density at radius 2 is 1.73 bits per heavy atom. The Morgan fingerprint density at radius 1 is 0.962 bits per heavy atom. The predicted molar refractivity (Wildman–Crippen MR) is 92.3 cm³/mol. The van der Waals surface area contributed by atoms with E-state index in [1.807, 2.05) is 34.9 Å². The fourth-order valence-electron chi connectivity index (χ4n) is 3.32. The van der Waals surface area contributed by atoms with Crippen molar-refractivity contribution in [3.05, 3.63) is 47.5 Å². The largest absolute Gasteiger partial charge is 0.378 e. The van der Waals surface area contributed by atoms with Crippen LogP contribution in [0.3, 0.4) is 0 Å². The van der Waals surface area contributed by atoms with Crippen LogP contribution in [0.1, 0.15) is 22.0 Å². The zero-order valence-corrected chi connectivity index (χ0v) is 14.5. The van der Waals surface area contributed by atoms with E-state index < -0.39 is 0 Å². The summed E-state index contributed by atoms with van der Waals surface area (Å²) in [7, 11) is 0. The number of ether oxygens (including phenoxy) is 1. The molecule has 1 saturated heterocycles. The van der Waals surface area contributed by atoms with E-state index in [2.05, 4.69) is 10.2 Å². The fourth-order valence-corrected chi connectivity index (χ4v) is 3.32. The van der Waals surface area contributed by atoms with Crippen LogP contribution in [-0.2, 0) is 29.0 Å². The average molecular weight is 355 g/mol. The molecule has 136 valence electrons. The van der Waals surface area contributed by atoms with Gasteiger partial charge in [-0.2, -0.15) is 0 Å². The molecule has 0 spiro atoms. The van der Waals surface area contributed by atoms with Crippen molar-refractivity contribution in [2.75, 3.05) is 32.8 Å². The molecule has 2 aromatic rings. The molecular weight excluding hydrogens is 334 g/mol. The molecule has 0 radical (unpaired) electrons. The Balaban J connectivity index is 1.44. The molecule has 0 unspecified atom stereocenters. The minimum Gasteiger partial charge on any atom is -0.378 e. The number of amides is 2. The summed E-state index contributed by atoms with van der Waals surface area (Å²) in [6.45, 7) is 3.72. The van der Waals surface area contributed by atoms with Crippen molar-refractivity contribution < 1.29 is 14.3 Å². The molecular formula is C18H21N5O3. The summed E-state index contributed by atoms with van der Waals surface area (Å²) in [5.74, 6) is 0.967. The summed E-state index contributed by atoms with van der Waals surface area (Å²) < 4.78 is 7.13. The van der Waals surface area contributed by atoms with Crippen molar-refractivity contribution in [1.29, 1.82) is 0 Å². The van der Waals surface area contributed by atoms with Crippen molar-refractivity contribution in [1.82, 2.24) is 24.6 Å². The number of fused-ring (bicyclic) bond motifs is 1. The van der Waals surface area contributed by atoms with Crippen LogP contribution in [0.25, 0.3) is 0 Å². The van der Waals surface area contributed by atoms with Crippen LogP contribution in [-0.4, -0.2) is 69.2 Å². The topological polar surface area (TPSA) is 80.6 Å². The van der Waals surface area contributed by atoms with Crippen molar-refractivity contribution >= 4 is 11.8 Å². The van der Waals surface area contributed by atoms with Crippen molar-refractivity contribution in [2.45, 2.75) is 19.5 Å². The Bertz CT molecular complexity index is 798. The third kappa shape index (κ3) is 3.32. The molecule has 0 atom stereocenters. The number of rotatable bonds is 3. The average Bonchev–Trinajstić information content (AvgIpc) is 3.12. The molecule has 8 heteroatoms. The van der Waals surface area contributed by atoms with Crippen LogP contribution in [0.15, 0.2) is 30.3 Å². The van der Waals surface area contributed by atoms with Gasteiger partial charge in [0.1, 0.15) is 0 Å². The van der Waals surface area contributed by atoms with Crippen LogP contribution >= 0.6 is 0 Å². The second kappa shape index (κ2) is 7.25. The zero-order chi connectivity index (χ0) is 17.9. The van der Waals surface area contributed by atoms with Crippen LogP contribution in [0.5, 0.6) is 0 Å². The van der Waals surface area contributed by atoms with E-state index >= 15 is 0 Å². The van der Waals surface area contributed by atoms with Crippen molar-refractivity contribution in [2.24, 2.45) is 0 Å². The standard InChI is InChI=1S/C18H21N5O3/c24-16(12-14-4-2-1-3-5-14)22-6-7-23-15(13-22)19-20-17(23)18(25)21-8-10-26-11-9-21/h1-5H,6-13H2. The zero-order valence-electron chi connectivity index (χ0n) is 14.5. The third-order valence-corrected chi connectivity index (χ3v) is 4.79. The number of hydrogen-bond donors (Lipinski definition) is 0. The molecule has 0 saturated carbocycles. The van der Waals surface area contributed by atoms with Gasteiger partial charge in [0.15, 0.2) is 5.82 Å². The maximum atomic E-state index is 12.7. The summed E-state index contributed by atoms with van der Waals surface area (Å²) in [5, 5.41) is 8.25. The first-order chi connectivity index (χ1) is 12.7. The van der Waals surface area contributed by atoms with Crippen molar-refractivity contribution in [3.63, 3.8) is 0 Å². The lowest BCUT2D eigenvalue weighted by Crippen LogP contribution is -2.43. The highest BCUT2D eigenvalue weighted by molar-refractivity contribution is 5.91. The lowest BCUT2D eigenvalue weighted by Gasteiger charge is -2.29. The lowest BCUT2D eigenvalue weighted by molar-refractivity contribution is -0.132. The van der Waals surface area contributed by atoms with Gasteiger partial charge in [0.05, 0.1) is 26.2 Å². The number of nitrogens with zero attached hydrogens (tertiary/aromatic N) is 5. The molecule has 0 aliphatic carbocycles. The van der Waals surface area contributed by atoms with Gasteiger partial charge in [0.2, 0.25) is 11.7 Å². The highest BCUT2D eigenvalue weighted by Gasteiger charge is 2.29. The Labute approximate surface area is 151 Å². The summed E-state index contributed by atoms with van der Waals surface area (Å²) in [4.78, 5) is 28.7. The number of morpholine rings is 1. The number of aromatic nitrogens is 3. The van der Waals surface area contributed by atoms with Gasteiger partial charge in [-0.15, -0.1) is 10.2 Å². The maximum Gasteiger partial charge on any atom is 0.291 e. The highest BCUT2D eigenvalue weighted by atomic mass is 16.5. The van der Waals surface area contributed by atoms with Gasteiger partial charge in [0.25, 0.3) is 5.91 Å². The highest BCUT2D eigenvalue weighted by Crippen LogP contribution is 2.16. The molecule has 2 aliphatic heterocycles. The predicted octanol–water partition coefficient (Wildman–Crippen LogP) is 0.335. The summed E-state index contributed by atoms with van der Waals surface area (Å²) in [5.41, 5.74) is 0.993. The van der Waals surface area contributed by atoms with Gasteiger partial charge in [0, 0.05) is 26.2 Å². The van der Waals surface area contributed by atoms with Gasteiger partial charge in [-0.1, -0.05) is 30.3 Å². The minimum absolute atomic E-state index is 0.0616. The molecule has 1 aromatic heterocycles. The van der Waals surface area contributed by atoms with Crippen LogP contribution in [0, 0.1) is 0 Å². The first-order valence-corrected chi connectivity index (χ1v) is 8.83. The van der Waals surface area contributed by atoms with Crippen molar-refractivity contribution in [3.8, 4) is 0 Å². The number of carbonyl (C=O) groups excluding carboxylic acids is 2. The van der Waals surface area contributed by atoms with E-state index in [9.17, 15) is 9.59 Å². The molecule has 8 nitrogen and oxygen atoms in total. The molecule has 2 aliphatic rings. The molecule has 4 rings (SSSR count). The van der Waals surface area contributed by atoms with Gasteiger partial charge in [-0.05, 0) is 5.56 Å². The van der Waals surface area contributed by atoms with E-state index in [0.717, 1.165) is 5.56 Å². The van der Waals surface area contributed by atoms with Gasteiger partial charge in [-0.25, -0.2) is 0 Å². The Hall–Kier alpha value is -2.74. The minimum atomic E-state index is -0.115. The quantitative estimate of drug-likeness (QED) is 0.793. The Kier molecular flexibility index (Phi) is 4.66. The SMILES string of the molecule is O=C(Cc1ccccc1)N1CCn2c(nnc2C(=O)N2CCOCC2)C1. The number of carbonyl (C=O) groups is 2. The normalized spacial score (nSPS) is 17.1. The van der Waals surface area contributed by atoms with E-state index in [1.54, 1.807) is 9.80 Å². The molecule has 3 heterocycles. The molecule has 2 amide bonds. The number of benzene rings is 1. The summed E-state index contributed by atoms with van der Waals surface area (Å²) in [6.07, 6.45) is 0.370. The fraction of sp³-hybridized carbons (Fsp3) is 0.444. The molecule has 26 heavy (non-hydrogen) atoms. The summed E-state index contributed by atoms with van der Waals surface area (Å²) in [6, 6.07) is 9.69. The van der Waals surface area contributed by atoms with Crippen LogP contribution < -0.4 is 0 Å². The summed E-state index contributed by atoms with van der Waals surface area (Å²) >= 11 is 0. The maximum absolute atomic E-state index is 12.7. The second-order valence-corrected chi connectivity index (χ2v) is 6.47. The van der Waals surface area contributed by atoms with E-state index in [1.165, 1.54) is 0 Å². The third-order valence-electron chi connectivity index (χ3n) is 4.79. The molecule has 0 bridgehead atoms. The lowest BCUT2D eigenvalue weighted by atomic mass is 10.1. The first-order valence-electron chi connectivity index (χ1n) is 8.83. The molecule has 1 aromatic carbocycles.